The zero-order valence-corrected chi connectivity index (χ0v) is 32.7. The molecule has 0 atom stereocenters. The molecule has 0 fully saturated rings. The van der Waals surface area contributed by atoms with Crippen molar-refractivity contribution in [2.45, 2.75) is 0 Å². The number of hydrogen-bond donors (Lipinski definition) is 0. The van der Waals surface area contributed by atoms with Gasteiger partial charge in [0.15, 0.2) is 0 Å². The number of nitrogens with zero attached hydrogens (tertiary/aromatic N) is 2. The minimum atomic E-state index is 1.13. The van der Waals surface area contributed by atoms with Gasteiger partial charge in [0.25, 0.3) is 0 Å². The first-order valence-electron chi connectivity index (χ1n) is 20.8. The molecule has 0 aliphatic carbocycles. The van der Waals surface area contributed by atoms with Crippen LogP contribution in [-0.2, 0) is 0 Å². The van der Waals surface area contributed by atoms with E-state index in [4.69, 9.17) is 0 Å². The maximum atomic E-state index is 2.45. The monoisotopic (exact) mass is 760 g/mol. The van der Waals surface area contributed by atoms with E-state index in [1.54, 1.807) is 0 Å². The van der Waals surface area contributed by atoms with Crippen LogP contribution in [0.15, 0.2) is 218 Å². The lowest BCUT2D eigenvalue weighted by atomic mass is 9.91. The van der Waals surface area contributed by atoms with Crippen molar-refractivity contribution in [3.8, 4) is 16.8 Å². The fourth-order valence-corrected chi connectivity index (χ4v) is 10.1. The smallest absolute Gasteiger partial charge is 0.0553 e. The Bertz CT molecular complexity index is 3800. The largest absolute Gasteiger partial charge is 0.310 e. The Labute approximate surface area is 346 Å². The van der Waals surface area contributed by atoms with Crippen molar-refractivity contribution >= 4 is 104 Å². The summed E-state index contributed by atoms with van der Waals surface area (Å²) in [7, 11) is 0. The van der Waals surface area contributed by atoms with E-state index in [1.807, 2.05) is 0 Å². The van der Waals surface area contributed by atoms with E-state index < -0.39 is 0 Å². The first-order chi connectivity index (χ1) is 29.7. The van der Waals surface area contributed by atoms with Gasteiger partial charge in [-0.05, 0) is 137 Å². The highest BCUT2D eigenvalue weighted by Crippen LogP contribution is 2.45. The van der Waals surface area contributed by atoms with Crippen LogP contribution in [0.25, 0.3) is 103 Å². The quantitative estimate of drug-likeness (QED) is 0.159. The van der Waals surface area contributed by atoms with Crippen LogP contribution >= 0.6 is 0 Å². The minimum absolute atomic E-state index is 1.13. The number of rotatable bonds is 5. The summed E-state index contributed by atoms with van der Waals surface area (Å²) in [6, 6.07) is 80.5. The third kappa shape index (κ3) is 4.88. The van der Waals surface area contributed by atoms with Crippen LogP contribution in [0.4, 0.5) is 17.1 Å². The number of hydrogen-bond acceptors (Lipinski definition) is 1. The van der Waals surface area contributed by atoms with E-state index in [9.17, 15) is 0 Å². The molecule has 0 bridgehead atoms. The van der Waals surface area contributed by atoms with E-state index >= 15 is 0 Å². The molecular formula is C58H36N2. The zero-order chi connectivity index (χ0) is 39.3. The Morgan fingerprint density at radius 1 is 0.283 bits per heavy atom. The van der Waals surface area contributed by atoms with Gasteiger partial charge in [-0.15, -0.1) is 0 Å². The molecular weight excluding hydrogens is 725 g/mol. The van der Waals surface area contributed by atoms with Gasteiger partial charge >= 0.3 is 0 Å². The topological polar surface area (TPSA) is 8.17 Å². The first kappa shape index (κ1) is 33.1. The van der Waals surface area contributed by atoms with Crippen LogP contribution in [0.2, 0.25) is 0 Å². The number of aromatic nitrogens is 1. The summed E-state index contributed by atoms with van der Waals surface area (Å²) in [5, 5.41) is 17.8. The summed E-state index contributed by atoms with van der Waals surface area (Å²) in [4.78, 5) is 2.38. The van der Waals surface area contributed by atoms with Crippen molar-refractivity contribution in [1.82, 2.24) is 4.57 Å². The third-order valence-electron chi connectivity index (χ3n) is 12.8. The number of para-hydroxylation sites is 2. The van der Waals surface area contributed by atoms with Gasteiger partial charge in [-0.1, -0.05) is 152 Å². The van der Waals surface area contributed by atoms with Crippen molar-refractivity contribution in [1.29, 1.82) is 0 Å². The highest BCUT2D eigenvalue weighted by molar-refractivity contribution is 6.33. The molecule has 0 saturated heterocycles. The van der Waals surface area contributed by atoms with Crippen LogP contribution in [0, 0.1) is 0 Å². The van der Waals surface area contributed by atoms with Crippen molar-refractivity contribution in [2.75, 3.05) is 4.90 Å². The third-order valence-corrected chi connectivity index (χ3v) is 12.8. The van der Waals surface area contributed by atoms with Crippen LogP contribution in [0.3, 0.4) is 0 Å². The molecule has 0 radical (unpaired) electrons. The number of anilines is 3. The van der Waals surface area contributed by atoms with E-state index in [1.165, 1.54) is 109 Å². The molecule has 0 unspecified atom stereocenters. The Balaban J connectivity index is 0.970. The molecule has 0 amide bonds. The van der Waals surface area contributed by atoms with Crippen LogP contribution in [0.5, 0.6) is 0 Å². The number of benzene rings is 12. The van der Waals surface area contributed by atoms with Gasteiger partial charge in [-0.2, -0.15) is 0 Å². The summed E-state index contributed by atoms with van der Waals surface area (Å²) in [6.45, 7) is 0. The second kappa shape index (κ2) is 12.8. The SMILES string of the molecule is c1ccc(N(c2ccc3c(ccc4cc(-c5ccc6c(c5)c5c7ccc8cccc9ccc(cc5n6-c5ccccc5)c7c98)ccc43)c2)c2cccc3ccccc23)cc1. The Hall–Kier alpha value is -7.94. The Kier molecular flexibility index (Phi) is 7.05. The highest BCUT2D eigenvalue weighted by atomic mass is 15.1. The van der Waals surface area contributed by atoms with Crippen molar-refractivity contribution in [2.24, 2.45) is 0 Å². The van der Waals surface area contributed by atoms with Gasteiger partial charge in [0, 0.05) is 33.2 Å². The average Bonchev–Trinajstić information content (AvgIpc) is 3.64. The molecule has 13 aromatic rings. The molecule has 0 saturated carbocycles. The van der Waals surface area contributed by atoms with E-state index in [2.05, 4.69) is 228 Å². The summed E-state index contributed by atoms with van der Waals surface area (Å²) < 4.78 is 2.45. The molecule has 0 N–H and O–H groups in total. The van der Waals surface area contributed by atoms with E-state index in [-0.39, 0.29) is 0 Å². The fourth-order valence-electron chi connectivity index (χ4n) is 10.1. The molecule has 1 aromatic heterocycles. The van der Waals surface area contributed by atoms with E-state index in [0.717, 1.165) is 11.4 Å². The molecule has 0 aliphatic heterocycles. The molecule has 1 heterocycles. The van der Waals surface area contributed by atoms with Gasteiger partial charge in [-0.3, -0.25) is 0 Å². The fraction of sp³-hybridized carbons (Fsp3) is 0. The molecule has 13 rings (SSSR count). The lowest BCUT2D eigenvalue weighted by molar-refractivity contribution is 1.18. The number of fused-ring (bicyclic) bond motifs is 8. The van der Waals surface area contributed by atoms with Gasteiger partial charge in [0.2, 0.25) is 0 Å². The minimum Gasteiger partial charge on any atom is -0.310 e. The van der Waals surface area contributed by atoms with Crippen molar-refractivity contribution in [3.05, 3.63) is 218 Å². The molecule has 0 spiro atoms. The predicted molar refractivity (Wildman–Crippen MR) is 257 cm³/mol. The maximum Gasteiger partial charge on any atom is 0.0553 e. The molecule has 2 heteroatoms. The first-order valence-corrected chi connectivity index (χ1v) is 20.8. The van der Waals surface area contributed by atoms with Gasteiger partial charge in [0.05, 0.1) is 16.7 Å². The van der Waals surface area contributed by atoms with Crippen LogP contribution in [0.1, 0.15) is 0 Å². The Morgan fingerprint density at radius 3 is 1.75 bits per heavy atom. The van der Waals surface area contributed by atoms with Gasteiger partial charge in [0.1, 0.15) is 0 Å². The van der Waals surface area contributed by atoms with Crippen LogP contribution in [-0.4, -0.2) is 4.57 Å². The van der Waals surface area contributed by atoms with E-state index in [0.29, 0.717) is 0 Å². The highest BCUT2D eigenvalue weighted by Gasteiger charge is 2.20. The molecule has 0 aliphatic rings. The average molecular weight is 761 g/mol. The molecule has 60 heavy (non-hydrogen) atoms. The Morgan fingerprint density at radius 2 is 0.900 bits per heavy atom. The summed E-state index contributed by atoms with van der Waals surface area (Å²) in [5.41, 5.74) is 9.47. The van der Waals surface area contributed by atoms with Crippen molar-refractivity contribution in [3.63, 3.8) is 0 Å². The second-order valence-electron chi connectivity index (χ2n) is 16.1. The lowest BCUT2D eigenvalue weighted by Crippen LogP contribution is -2.10. The molecule has 12 aromatic carbocycles. The summed E-state index contributed by atoms with van der Waals surface area (Å²) in [5.74, 6) is 0. The predicted octanol–water partition coefficient (Wildman–Crippen LogP) is 16.3. The summed E-state index contributed by atoms with van der Waals surface area (Å²) >= 11 is 0. The zero-order valence-electron chi connectivity index (χ0n) is 32.7. The molecule has 2 nitrogen and oxygen atoms in total. The lowest BCUT2D eigenvalue weighted by Gasteiger charge is -2.27. The van der Waals surface area contributed by atoms with Crippen molar-refractivity contribution < 1.29 is 0 Å². The standard InChI is InChI=1S/C58H36N2/c1-3-15-45(16-4-1)59(53-20-10-12-37-11-7-8-19-50(37)53)47-28-31-49-43(34-47)23-22-42-33-40(26-29-48(42)49)41-27-32-54-52(35-41)58-51-30-25-39-14-9-13-38-21-24-44(57(51)56(38)39)36-55(58)60(54)46-17-5-2-6-18-46/h1-36H. The normalized spacial score (nSPS) is 12.0. The van der Waals surface area contributed by atoms with Crippen LogP contribution < -0.4 is 4.90 Å². The second-order valence-corrected chi connectivity index (χ2v) is 16.1. The maximum absolute atomic E-state index is 2.45. The molecule has 278 valence electrons. The van der Waals surface area contributed by atoms with Gasteiger partial charge in [-0.25, -0.2) is 0 Å². The summed E-state index contributed by atoms with van der Waals surface area (Å²) in [6.07, 6.45) is 0. The van der Waals surface area contributed by atoms with Gasteiger partial charge < -0.3 is 9.47 Å².